The molecule has 0 fully saturated rings. The Morgan fingerprint density at radius 3 is 1.00 bits per heavy atom. The lowest BCUT2D eigenvalue weighted by atomic mass is 11.9. The molecule has 0 amide bonds. The lowest BCUT2D eigenvalue weighted by Gasteiger charge is -2.36. The van der Waals surface area contributed by atoms with E-state index in [9.17, 15) is 0 Å². The molecule has 0 N–H and O–H groups in total. The Bertz CT molecular complexity index is 98.3. The topological polar surface area (TPSA) is 0 Å². The Morgan fingerprint density at radius 1 is 0.700 bits per heavy atom. The van der Waals surface area contributed by atoms with Crippen LogP contribution in [0.15, 0.2) is 0 Å². The molecule has 0 nitrogen and oxygen atoms in total. The lowest BCUT2D eigenvalue weighted by Crippen LogP contribution is -2.47. The zero-order chi connectivity index (χ0) is 8.41. The number of hydrogen-bond donors (Lipinski definition) is 0. The Morgan fingerprint density at radius 2 is 0.900 bits per heavy atom. The maximum Gasteiger partial charge on any atom is 0.0692 e. The molecule has 0 heterocycles. The number of rotatable bonds is 3. The van der Waals surface area contributed by atoms with E-state index in [0.717, 1.165) is 0 Å². The first-order valence-electron chi connectivity index (χ1n) is 3.75. The van der Waals surface area contributed by atoms with Gasteiger partial charge < -0.3 is 0 Å². The van der Waals surface area contributed by atoms with Crippen LogP contribution in [0.2, 0.25) is 26.2 Å². The summed E-state index contributed by atoms with van der Waals surface area (Å²) in [6.07, 6.45) is 0. The monoisotopic (exact) mass is 210 g/mol. The van der Waals surface area contributed by atoms with Gasteiger partial charge >= 0.3 is 0 Å². The summed E-state index contributed by atoms with van der Waals surface area (Å²) in [6.45, 7) is 15.1. The molecular formula is C6H20P2Si2. The van der Waals surface area contributed by atoms with E-state index in [2.05, 4.69) is 39.5 Å². The summed E-state index contributed by atoms with van der Waals surface area (Å²) in [5, 5.41) is 0. The predicted molar refractivity (Wildman–Crippen MR) is 63.4 cm³/mol. The first-order chi connectivity index (χ1) is 4.37. The van der Waals surface area contributed by atoms with Crippen molar-refractivity contribution in [3.8, 4) is 0 Å². The summed E-state index contributed by atoms with van der Waals surface area (Å²) in [4.78, 5) is 0. The Labute approximate surface area is 70.6 Å². The van der Waals surface area contributed by atoms with Crippen LogP contribution in [0.4, 0.5) is 0 Å². The van der Waals surface area contributed by atoms with Crippen molar-refractivity contribution in [1.29, 1.82) is 0 Å². The van der Waals surface area contributed by atoms with Gasteiger partial charge in [0.25, 0.3) is 0 Å². The summed E-state index contributed by atoms with van der Waals surface area (Å²) >= 11 is 0. The van der Waals surface area contributed by atoms with E-state index < -0.39 is 14.5 Å². The van der Waals surface area contributed by atoms with Crippen molar-refractivity contribution in [2.75, 3.05) is 13.3 Å². The minimum Gasteiger partial charge on any atom is -0.139 e. The van der Waals surface area contributed by atoms with Gasteiger partial charge in [-0.25, -0.2) is 0 Å². The SMILES string of the molecule is CP[Si](C)(C)[Si](C)(C)PC. The quantitative estimate of drug-likeness (QED) is 0.496. The van der Waals surface area contributed by atoms with Crippen molar-refractivity contribution in [2.24, 2.45) is 0 Å². The van der Waals surface area contributed by atoms with Crippen molar-refractivity contribution in [1.82, 2.24) is 0 Å². The van der Waals surface area contributed by atoms with Crippen LogP contribution in [0.25, 0.3) is 0 Å². The molecule has 0 aromatic rings. The third-order valence-corrected chi connectivity index (χ3v) is 43.3. The van der Waals surface area contributed by atoms with Gasteiger partial charge in [-0.3, -0.25) is 0 Å². The molecular weight excluding hydrogens is 190 g/mol. The molecule has 0 spiro atoms. The molecule has 10 heavy (non-hydrogen) atoms. The summed E-state index contributed by atoms with van der Waals surface area (Å²) in [5.41, 5.74) is 0. The molecule has 0 aliphatic rings. The van der Waals surface area contributed by atoms with Crippen LogP contribution in [0.3, 0.4) is 0 Å². The first kappa shape index (κ1) is 11.3. The fourth-order valence-corrected chi connectivity index (χ4v) is 23.6. The smallest absolute Gasteiger partial charge is 0.0692 e. The van der Waals surface area contributed by atoms with Crippen molar-refractivity contribution >= 4 is 30.8 Å². The van der Waals surface area contributed by atoms with Gasteiger partial charge in [0.15, 0.2) is 0 Å². The van der Waals surface area contributed by atoms with Gasteiger partial charge in [0, 0.05) is 0 Å². The molecule has 0 aromatic carbocycles. The predicted octanol–water partition coefficient (Wildman–Crippen LogP) is 3.09. The van der Waals surface area contributed by atoms with Crippen molar-refractivity contribution in [3.63, 3.8) is 0 Å². The molecule has 0 bridgehead atoms. The highest BCUT2D eigenvalue weighted by Crippen LogP contribution is 2.41. The average molecular weight is 210 g/mol. The fraction of sp³-hybridized carbons (Fsp3) is 1.00. The normalized spacial score (nSPS) is 16.2. The highest BCUT2D eigenvalue weighted by atomic mass is 31.5. The first-order valence-corrected chi connectivity index (χ1v) is 15.8. The summed E-state index contributed by atoms with van der Waals surface area (Å²) in [6, 6.07) is 0. The molecule has 62 valence electrons. The van der Waals surface area contributed by atoms with Gasteiger partial charge in [-0.05, 0) is 0 Å². The van der Waals surface area contributed by atoms with Crippen molar-refractivity contribution in [3.05, 3.63) is 0 Å². The summed E-state index contributed by atoms with van der Waals surface area (Å²) < 4.78 is 0. The second-order valence-corrected chi connectivity index (χ2v) is 32.2. The average Bonchev–Trinajstić information content (AvgIpc) is 1.88. The Balaban J connectivity index is 4.28. The van der Waals surface area contributed by atoms with Crippen LogP contribution < -0.4 is 0 Å². The molecule has 0 saturated heterocycles. The van der Waals surface area contributed by atoms with Crippen molar-refractivity contribution < 1.29 is 0 Å². The van der Waals surface area contributed by atoms with E-state index in [0.29, 0.717) is 0 Å². The van der Waals surface area contributed by atoms with E-state index in [1.807, 2.05) is 0 Å². The van der Waals surface area contributed by atoms with E-state index in [1.165, 1.54) is 16.3 Å². The molecule has 2 unspecified atom stereocenters. The van der Waals surface area contributed by atoms with Crippen LogP contribution in [-0.4, -0.2) is 27.8 Å². The second kappa shape index (κ2) is 3.80. The van der Waals surface area contributed by atoms with Crippen LogP contribution in [0.5, 0.6) is 0 Å². The lowest BCUT2D eigenvalue weighted by molar-refractivity contribution is 1.92. The summed E-state index contributed by atoms with van der Waals surface area (Å²) in [7, 11) is 1.05. The van der Waals surface area contributed by atoms with Crippen LogP contribution in [0.1, 0.15) is 0 Å². The highest BCUT2D eigenvalue weighted by molar-refractivity contribution is 8.12. The minimum atomic E-state index is -0.726. The molecule has 0 aliphatic carbocycles. The molecule has 0 aliphatic heterocycles. The summed E-state index contributed by atoms with van der Waals surface area (Å²) in [5.74, 6) is 0. The largest absolute Gasteiger partial charge is 0.139 e. The van der Waals surface area contributed by atoms with Crippen molar-refractivity contribution in [2.45, 2.75) is 26.2 Å². The van der Waals surface area contributed by atoms with E-state index in [1.54, 1.807) is 0 Å². The van der Waals surface area contributed by atoms with Gasteiger partial charge in [0.05, 0.1) is 14.5 Å². The van der Waals surface area contributed by atoms with E-state index in [-0.39, 0.29) is 0 Å². The van der Waals surface area contributed by atoms with Gasteiger partial charge in [-0.1, -0.05) is 39.5 Å². The molecule has 0 aromatic heterocycles. The van der Waals surface area contributed by atoms with Crippen LogP contribution in [0, 0.1) is 0 Å². The van der Waals surface area contributed by atoms with E-state index >= 15 is 0 Å². The van der Waals surface area contributed by atoms with Gasteiger partial charge in [-0.2, -0.15) is 0 Å². The van der Waals surface area contributed by atoms with E-state index in [4.69, 9.17) is 0 Å². The van der Waals surface area contributed by atoms with Crippen LogP contribution >= 0.6 is 16.3 Å². The fourth-order valence-electron chi connectivity index (χ4n) is 0.625. The molecule has 0 rings (SSSR count). The minimum absolute atomic E-state index is 0.726. The molecule has 2 atom stereocenters. The molecule has 0 radical (unpaired) electrons. The second-order valence-electron chi connectivity index (χ2n) is 3.75. The zero-order valence-corrected chi connectivity index (χ0v) is 12.0. The Kier molecular flexibility index (Phi) is 4.29. The van der Waals surface area contributed by atoms with Crippen LogP contribution in [-0.2, 0) is 0 Å². The van der Waals surface area contributed by atoms with Gasteiger partial charge in [0.2, 0.25) is 0 Å². The third-order valence-electron chi connectivity index (χ3n) is 2.81. The maximum atomic E-state index is 2.58. The van der Waals surface area contributed by atoms with Gasteiger partial charge in [0.1, 0.15) is 0 Å². The Hall–Kier alpha value is 1.29. The molecule has 4 heteroatoms. The highest BCUT2D eigenvalue weighted by Gasteiger charge is 2.37. The zero-order valence-electron chi connectivity index (χ0n) is 8.00. The third kappa shape index (κ3) is 2.41. The standard InChI is InChI=1S/C6H20P2Si2/c1-7-9(3,4)10(5,6)8-2/h7-8H,1-6H3. The maximum absolute atomic E-state index is 2.58. The molecule has 0 saturated carbocycles. The number of hydrogen-bond acceptors (Lipinski definition) is 0. The van der Waals surface area contributed by atoms with Gasteiger partial charge in [-0.15, -0.1) is 16.3 Å².